The number of anilines is 1. The van der Waals surface area contributed by atoms with E-state index in [0.717, 1.165) is 12.3 Å². The first-order valence-electron chi connectivity index (χ1n) is 6.20. The molecule has 0 saturated carbocycles. The smallest absolute Gasteiger partial charge is 0.124 e. The fraction of sp³-hybridized carbons (Fsp3) is 0.571. The Bertz CT molecular complexity index is 460. The Labute approximate surface area is 103 Å². The van der Waals surface area contributed by atoms with E-state index in [4.69, 9.17) is 4.74 Å². The largest absolute Gasteiger partial charge is 0.496 e. The number of hydrogen-bond donors (Lipinski definition) is 0. The van der Waals surface area contributed by atoms with Crippen molar-refractivity contribution in [3.63, 3.8) is 0 Å². The van der Waals surface area contributed by atoms with E-state index in [2.05, 4.69) is 49.0 Å². The highest BCUT2D eigenvalue weighted by atomic mass is 16.5. The number of hydrogen-bond acceptors (Lipinski definition) is 3. The van der Waals surface area contributed by atoms with Crippen molar-refractivity contribution in [1.29, 1.82) is 0 Å². The minimum atomic E-state index is 0.200. The summed E-state index contributed by atoms with van der Waals surface area (Å²) in [5, 5.41) is 0. The minimum absolute atomic E-state index is 0.200. The average Bonchev–Trinajstić information content (AvgIpc) is 2.75. The van der Waals surface area contributed by atoms with Crippen molar-refractivity contribution in [2.45, 2.75) is 24.9 Å². The van der Waals surface area contributed by atoms with Crippen LogP contribution in [0, 0.1) is 0 Å². The third-order valence-corrected chi connectivity index (χ3v) is 4.51. The molecule has 3 heteroatoms. The van der Waals surface area contributed by atoms with E-state index in [-0.39, 0.29) is 5.41 Å². The summed E-state index contributed by atoms with van der Waals surface area (Å²) < 4.78 is 5.57. The van der Waals surface area contributed by atoms with Crippen molar-refractivity contribution in [2.75, 3.05) is 32.6 Å². The maximum absolute atomic E-state index is 5.57. The van der Waals surface area contributed by atoms with Gasteiger partial charge in [0.2, 0.25) is 0 Å². The number of fused-ring (bicyclic) bond motifs is 3. The molecule has 3 rings (SSSR count). The van der Waals surface area contributed by atoms with E-state index in [1.807, 2.05) is 0 Å². The summed E-state index contributed by atoms with van der Waals surface area (Å²) in [6.07, 6.45) is 1.67. The molecule has 0 amide bonds. The van der Waals surface area contributed by atoms with E-state index in [1.165, 1.54) is 17.7 Å². The number of nitrogens with zero attached hydrogens (tertiary/aromatic N) is 2. The van der Waals surface area contributed by atoms with E-state index in [9.17, 15) is 0 Å². The van der Waals surface area contributed by atoms with Crippen LogP contribution in [0.5, 0.6) is 5.75 Å². The van der Waals surface area contributed by atoms with Crippen LogP contribution < -0.4 is 9.64 Å². The monoisotopic (exact) mass is 232 g/mol. The van der Waals surface area contributed by atoms with E-state index in [1.54, 1.807) is 7.11 Å². The second-order valence-electron chi connectivity index (χ2n) is 5.49. The first-order chi connectivity index (χ1) is 8.09. The van der Waals surface area contributed by atoms with Crippen LogP contribution in [0.15, 0.2) is 18.2 Å². The molecule has 2 heterocycles. The molecule has 1 aromatic rings. The number of methoxy groups -OCH3 is 1. The van der Waals surface area contributed by atoms with Gasteiger partial charge in [0.15, 0.2) is 0 Å². The number of likely N-dealkylation sites (N-methyl/N-ethyl adjacent to an activating group) is 2. The molecule has 17 heavy (non-hydrogen) atoms. The maximum Gasteiger partial charge on any atom is 0.124 e. The SMILES string of the molecule is COc1cccc2c1[C@@]1(C)CCN(C)[C@H]1N2C. The van der Waals surface area contributed by atoms with Crippen molar-refractivity contribution < 1.29 is 4.74 Å². The number of rotatable bonds is 1. The second kappa shape index (κ2) is 3.39. The van der Waals surface area contributed by atoms with Crippen LogP contribution >= 0.6 is 0 Å². The molecule has 3 nitrogen and oxygen atoms in total. The van der Waals surface area contributed by atoms with E-state index in [0.29, 0.717) is 6.17 Å². The Morgan fingerprint density at radius 3 is 2.82 bits per heavy atom. The molecule has 0 bridgehead atoms. The van der Waals surface area contributed by atoms with Crippen LogP contribution in [0.25, 0.3) is 0 Å². The van der Waals surface area contributed by atoms with Crippen LogP contribution in [0.2, 0.25) is 0 Å². The molecule has 92 valence electrons. The van der Waals surface area contributed by atoms with Crippen molar-refractivity contribution in [3.8, 4) is 5.75 Å². The maximum atomic E-state index is 5.57. The Balaban J connectivity index is 2.22. The lowest BCUT2D eigenvalue weighted by molar-refractivity contribution is 0.265. The number of benzene rings is 1. The number of likely N-dealkylation sites (tertiary alicyclic amines) is 1. The first-order valence-corrected chi connectivity index (χ1v) is 6.20. The molecular weight excluding hydrogens is 212 g/mol. The topological polar surface area (TPSA) is 15.7 Å². The van der Waals surface area contributed by atoms with Crippen LogP contribution in [0.4, 0.5) is 5.69 Å². The summed E-state index contributed by atoms with van der Waals surface area (Å²) in [4.78, 5) is 4.84. The van der Waals surface area contributed by atoms with Gasteiger partial charge in [0.25, 0.3) is 0 Å². The lowest BCUT2D eigenvalue weighted by Gasteiger charge is -2.32. The standard InChI is InChI=1S/C14H20N2O/c1-14-8-9-15(2)13(14)16(3)10-6-5-7-11(17-4)12(10)14/h5-7,13H,8-9H2,1-4H3/t13-,14+/m0/s1. The molecule has 2 aliphatic heterocycles. The molecule has 0 spiro atoms. The Kier molecular flexibility index (Phi) is 2.17. The van der Waals surface area contributed by atoms with Crippen LogP contribution in [-0.4, -0.2) is 38.8 Å². The molecule has 0 aliphatic carbocycles. The molecule has 2 atom stereocenters. The molecule has 0 N–H and O–H groups in total. The zero-order chi connectivity index (χ0) is 12.2. The lowest BCUT2D eigenvalue weighted by Crippen LogP contribution is -2.45. The first kappa shape index (κ1) is 10.9. The zero-order valence-corrected chi connectivity index (χ0v) is 11.0. The quantitative estimate of drug-likeness (QED) is 0.737. The summed E-state index contributed by atoms with van der Waals surface area (Å²) in [7, 11) is 6.17. The summed E-state index contributed by atoms with van der Waals surface area (Å²) >= 11 is 0. The van der Waals surface area contributed by atoms with E-state index < -0.39 is 0 Å². The van der Waals surface area contributed by atoms with Crippen molar-refractivity contribution >= 4 is 5.69 Å². The zero-order valence-electron chi connectivity index (χ0n) is 11.0. The second-order valence-corrected chi connectivity index (χ2v) is 5.49. The van der Waals surface area contributed by atoms with Gasteiger partial charge in [-0.05, 0) is 25.6 Å². The van der Waals surface area contributed by atoms with Gasteiger partial charge in [0.1, 0.15) is 5.75 Å². The molecule has 1 fully saturated rings. The van der Waals surface area contributed by atoms with Gasteiger partial charge in [-0.2, -0.15) is 0 Å². The molecule has 1 aromatic carbocycles. The molecule has 2 aliphatic rings. The summed E-state index contributed by atoms with van der Waals surface area (Å²) in [6, 6.07) is 6.37. The highest BCUT2D eigenvalue weighted by molar-refractivity contribution is 5.69. The minimum Gasteiger partial charge on any atom is -0.496 e. The molecule has 0 aromatic heterocycles. The molecule has 1 saturated heterocycles. The van der Waals surface area contributed by atoms with Crippen molar-refractivity contribution in [2.24, 2.45) is 0 Å². The Hall–Kier alpha value is -1.22. The summed E-state index contributed by atoms with van der Waals surface area (Å²) in [6.45, 7) is 3.52. The lowest BCUT2D eigenvalue weighted by atomic mass is 9.81. The molecule has 0 unspecified atom stereocenters. The van der Waals surface area contributed by atoms with Crippen LogP contribution in [0.1, 0.15) is 18.9 Å². The highest BCUT2D eigenvalue weighted by Gasteiger charge is 2.53. The predicted octanol–water partition coefficient (Wildman–Crippen LogP) is 2.06. The van der Waals surface area contributed by atoms with Gasteiger partial charge in [-0.1, -0.05) is 13.0 Å². The molecule has 0 radical (unpaired) electrons. The highest BCUT2D eigenvalue weighted by Crippen LogP contribution is 2.54. The Morgan fingerprint density at radius 2 is 2.12 bits per heavy atom. The third-order valence-electron chi connectivity index (χ3n) is 4.51. The van der Waals surface area contributed by atoms with Gasteiger partial charge in [0, 0.05) is 30.3 Å². The summed E-state index contributed by atoms with van der Waals surface area (Å²) in [5.41, 5.74) is 2.91. The van der Waals surface area contributed by atoms with Gasteiger partial charge in [-0.15, -0.1) is 0 Å². The van der Waals surface area contributed by atoms with Gasteiger partial charge >= 0.3 is 0 Å². The van der Waals surface area contributed by atoms with Gasteiger partial charge in [-0.3, -0.25) is 4.90 Å². The van der Waals surface area contributed by atoms with Gasteiger partial charge in [-0.25, -0.2) is 0 Å². The van der Waals surface area contributed by atoms with Crippen LogP contribution in [-0.2, 0) is 5.41 Å². The fourth-order valence-corrected chi connectivity index (χ4v) is 3.81. The van der Waals surface area contributed by atoms with Gasteiger partial charge in [0.05, 0.1) is 13.3 Å². The average molecular weight is 232 g/mol. The number of ether oxygens (including phenoxy) is 1. The predicted molar refractivity (Wildman–Crippen MR) is 69.8 cm³/mol. The third kappa shape index (κ3) is 1.20. The Morgan fingerprint density at radius 1 is 1.35 bits per heavy atom. The normalized spacial score (nSPS) is 31.5. The molecular formula is C14H20N2O. The van der Waals surface area contributed by atoms with Crippen molar-refractivity contribution in [3.05, 3.63) is 23.8 Å². The van der Waals surface area contributed by atoms with E-state index >= 15 is 0 Å². The summed E-state index contributed by atoms with van der Waals surface area (Å²) in [5.74, 6) is 1.04. The van der Waals surface area contributed by atoms with Gasteiger partial charge < -0.3 is 9.64 Å². The fourth-order valence-electron chi connectivity index (χ4n) is 3.81. The van der Waals surface area contributed by atoms with Crippen molar-refractivity contribution in [1.82, 2.24) is 4.90 Å². The van der Waals surface area contributed by atoms with Crippen LogP contribution in [0.3, 0.4) is 0 Å².